The Morgan fingerprint density at radius 2 is 1.83 bits per heavy atom. The number of carboxylic acids is 1. The Hall–Kier alpha value is -1.10. The fourth-order valence-corrected chi connectivity index (χ4v) is 2.56. The molecule has 1 aliphatic carbocycles. The summed E-state index contributed by atoms with van der Waals surface area (Å²) in [5.41, 5.74) is -0.466. The van der Waals surface area contributed by atoms with Crippen LogP contribution in [-0.2, 0) is 14.3 Å². The summed E-state index contributed by atoms with van der Waals surface area (Å²) in [6, 6.07) is 0. The number of carboxylic acid groups (broad SMARTS) is 1. The zero-order valence-electron chi connectivity index (χ0n) is 11.4. The van der Waals surface area contributed by atoms with Gasteiger partial charge in [0.05, 0.1) is 24.0 Å². The average molecular weight is 257 g/mol. The molecular formula is C13H23NO4. The van der Waals surface area contributed by atoms with E-state index in [1.165, 1.54) is 0 Å². The lowest BCUT2D eigenvalue weighted by molar-refractivity contribution is -0.149. The summed E-state index contributed by atoms with van der Waals surface area (Å²) in [7, 11) is 1.58. The van der Waals surface area contributed by atoms with Gasteiger partial charge in [-0.3, -0.25) is 9.59 Å². The predicted molar refractivity (Wildman–Crippen MR) is 67.2 cm³/mol. The van der Waals surface area contributed by atoms with Crippen molar-refractivity contribution in [3.05, 3.63) is 0 Å². The number of methoxy groups -OCH3 is 1. The van der Waals surface area contributed by atoms with Crippen molar-refractivity contribution in [3.63, 3.8) is 0 Å². The molecule has 0 aromatic rings. The molecule has 18 heavy (non-hydrogen) atoms. The fraction of sp³-hybridized carbons (Fsp3) is 0.846. The summed E-state index contributed by atoms with van der Waals surface area (Å²) >= 11 is 0. The Kier molecular flexibility index (Phi) is 5.14. The van der Waals surface area contributed by atoms with E-state index in [1.807, 2.05) is 13.8 Å². The highest BCUT2D eigenvalue weighted by atomic mass is 16.5. The van der Waals surface area contributed by atoms with E-state index in [9.17, 15) is 9.59 Å². The van der Waals surface area contributed by atoms with Gasteiger partial charge in [0, 0.05) is 7.11 Å². The van der Waals surface area contributed by atoms with Crippen LogP contribution in [0.25, 0.3) is 0 Å². The minimum atomic E-state index is -0.862. The van der Waals surface area contributed by atoms with E-state index < -0.39 is 23.3 Å². The third-order valence-corrected chi connectivity index (χ3v) is 3.39. The van der Waals surface area contributed by atoms with Gasteiger partial charge in [-0.05, 0) is 26.7 Å². The van der Waals surface area contributed by atoms with Crippen molar-refractivity contribution in [1.29, 1.82) is 0 Å². The number of aliphatic carboxylic acids is 1. The summed E-state index contributed by atoms with van der Waals surface area (Å²) in [5.74, 6) is -1.98. The first-order valence-corrected chi connectivity index (χ1v) is 6.41. The first-order chi connectivity index (χ1) is 8.37. The van der Waals surface area contributed by atoms with Crippen molar-refractivity contribution >= 4 is 11.9 Å². The molecule has 1 rings (SSSR count). The van der Waals surface area contributed by atoms with Crippen LogP contribution in [-0.4, -0.2) is 36.2 Å². The van der Waals surface area contributed by atoms with E-state index in [-0.39, 0.29) is 5.91 Å². The monoisotopic (exact) mass is 257 g/mol. The Balaban J connectivity index is 2.66. The number of nitrogens with one attached hydrogen (secondary N) is 1. The fourth-order valence-electron chi connectivity index (χ4n) is 2.56. The molecule has 0 saturated heterocycles. The van der Waals surface area contributed by atoms with Gasteiger partial charge in [-0.15, -0.1) is 0 Å². The van der Waals surface area contributed by atoms with Crippen LogP contribution in [0.2, 0.25) is 0 Å². The molecule has 0 aromatic heterocycles. The van der Waals surface area contributed by atoms with Crippen LogP contribution in [0.4, 0.5) is 0 Å². The molecular weight excluding hydrogens is 234 g/mol. The second-order valence-corrected chi connectivity index (χ2v) is 5.64. The van der Waals surface area contributed by atoms with Crippen LogP contribution >= 0.6 is 0 Å². The Bertz CT molecular complexity index is 314. The number of amides is 1. The summed E-state index contributed by atoms with van der Waals surface area (Å²) in [5, 5.41) is 12.0. The smallest absolute Gasteiger partial charge is 0.307 e. The number of carbonyl (C=O) groups excluding carboxylic acids is 1. The average Bonchev–Trinajstić information content (AvgIpc) is 2.28. The van der Waals surface area contributed by atoms with Crippen molar-refractivity contribution in [2.75, 3.05) is 13.7 Å². The molecule has 1 aliphatic rings. The Morgan fingerprint density at radius 1 is 1.28 bits per heavy atom. The van der Waals surface area contributed by atoms with Gasteiger partial charge >= 0.3 is 5.97 Å². The number of ether oxygens (including phenoxy) is 1. The Labute approximate surface area is 108 Å². The second kappa shape index (κ2) is 6.18. The van der Waals surface area contributed by atoms with E-state index in [2.05, 4.69) is 5.32 Å². The molecule has 0 heterocycles. The van der Waals surface area contributed by atoms with Gasteiger partial charge in [-0.1, -0.05) is 12.8 Å². The summed E-state index contributed by atoms with van der Waals surface area (Å²) in [6.07, 6.45) is 3.07. The lowest BCUT2D eigenvalue weighted by atomic mass is 9.78. The lowest BCUT2D eigenvalue weighted by Crippen LogP contribution is -2.51. The van der Waals surface area contributed by atoms with Gasteiger partial charge in [0.25, 0.3) is 0 Å². The molecule has 0 bridgehead atoms. The maximum Gasteiger partial charge on any atom is 0.307 e. The molecule has 1 saturated carbocycles. The van der Waals surface area contributed by atoms with Crippen molar-refractivity contribution in [1.82, 2.24) is 5.32 Å². The standard InChI is InChI=1S/C13H23NO4/c1-13(2,8-18-3)14-11(15)9-6-4-5-7-10(9)12(16)17/h9-10H,4-8H2,1-3H3,(H,14,15)(H,16,17)/t9-,10+/m1/s1. The van der Waals surface area contributed by atoms with Crippen molar-refractivity contribution < 1.29 is 19.4 Å². The summed E-state index contributed by atoms with van der Waals surface area (Å²) < 4.78 is 5.04. The quantitative estimate of drug-likeness (QED) is 0.781. The van der Waals surface area contributed by atoms with Gasteiger partial charge in [-0.25, -0.2) is 0 Å². The molecule has 2 N–H and O–H groups in total. The number of carbonyl (C=O) groups is 2. The molecule has 1 fully saturated rings. The summed E-state index contributed by atoms with van der Waals surface area (Å²) in [4.78, 5) is 23.3. The highest BCUT2D eigenvalue weighted by Gasteiger charge is 2.37. The summed E-state index contributed by atoms with van der Waals surface area (Å²) in [6.45, 7) is 4.14. The molecule has 0 aromatic carbocycles. The van der Waals surface area contributed by atoms with Crippen molar-refractivity contribution in [2.24, 2.45) is 11.8 Å². The van der Waals surface area contributed by atoms with E-state index in [1.54, 1.807) is 7.11 Å². The number of hydrogen-bond acceptors (Lipinski definition) is 3. The van der Waals surface area contributed by atoms with E-state index in [0.29, 0.717) is 19.4 Å². The second-order valence-electron chi connectivity index (χ2n) is 5.64. The minimum Gasteiger partial charge on any atom is -0.481 e. The molecule has 0 aliphatic heterocycles. The van der Waals surface area contributed by atoms with Gasteiger partial charge in [0.15, 0.2) is 0 Å². The zero-order chi connectivity index (χ0) is 13.8. The minimum absolute atomic E-state index is 0.163. The molecule has 5 nitrogen and oxygen atoms in total. The topological polar surface area (TPSA) is 75.6 Å². The largest absolute Gasteiger partial charge is 0.481 e. The first kappa shape index (κ1) is 15.0. The Morgan fingerprint density at radius 3 is 2.33 bits per heavy atom. The predicted octanol–water partition coefficient (Wildman–Crippen LogP) is 1.42. The number of hydrogen-bond donors (Lipinski definition) is 2. The van der Waals surface area contributed by atoms with Crippen LogP contribution < -0.4 is 5.32 Å². The van der Waals surface area contributed by atoms with Crippen LogP contribution in [0.1, 0.15) is 39.5 Å². The maximum absolute atomic E-state index is 12.2. The molecule has 2 atom stereocenters. The van der Waals surface area contributed by atoms with Crippen LogP contribution in [0.5, 0.6) is 0 Å². The first-order valence-electron chi connectivity index (χ1n) is 6.41. The van der Waals surface area contributed by atoms with Gasteiger partial charge in [0.2, 0.25) is 5.91 Å². The van der Waals surface area contributed by atoms with Crippen LogP contribution in [0.3, 0.4) is 0 Å². The molecule has 1 amide bonds. The van der Waals surface area contributed by atoms with Crippen LogP contribution in [0, 0.1) is 11.8 Å². The maximum atomic E-state index is 12.2. The van der Waals surface area contributed by atoms with Gasteiger partial charge in [-0.2, -0.15) is 0 Å². The molecule has 0 radical (unpaired) electrons. The normalized spacial score (nSPS) is 24.6. The highest BCUT2D eigenvalue weighted by molar-refractivity contribution is 5.85. The SMILES string of the molecule is COCC(C)(C)NC(=O)[C@@H]1CCCC[C@@H]1C(=O)O. The van der Waals surface area contributed by atoms with Crippen LogP contribution in [0.15, 0.2) is 0 Å². The van der Waals surface area contributed by atoms with E-state index >= 15 is 0 Å². The highest BCUT2D eigenvalue weighted by Crippen LogP contribution is 2.30. The third kappa shape index (κ3) is 3.98. The van der Waals surface area contributed by atoms with Crippen molar-refractivity contribution in [3.8, 4) is 0 Å². The van der Waals surface area contributed by atoms with Crippen molar-refractivity contribution in [2.45, 2.75) is 45.1 Å². The van der Waals surface area contributed by atoms with Gasteiger partial charge < -0.3 is 15.2 Å². The molecule has 5 heteroatoms. The third-order valence-electron chi connectivity index (χ3n) is 3.39. The van der Waals surface area contributed by atoms with Gasteiger partial charge in [0.1, 0.15) is 0 Å². The molecule has 0 spiro atoms. The van der Waals surface area contributed by atoms with E-state index in [0.717, 1.165) is 12.8 Å². The lowest BCUT2D eigenvalue weighted by Gasteiger charge is -2.32. The van der Waals surface area contributed by atoms with E-state index in [4.69, 9.17) is 9.84 Å². The zero-order valence-corrected chi connectivity index (χ0v) is 11.4. The molecule has 0 unspecified atom stereocenters. The number of rotatable bonds is 5. The molecule has 104 valence electrons.